The van der Waals surface area contributed by atoms with Crippen molar-refractivity contribution in [3.63, 3.8) is 0 Å². The third kappa shape index (κ3) is 1.39. The van der Waals surface area contributed by atoms with Crippen molar-refractivity contribution in [3.05, 3.63) is 42.9 Å². The molecule has 0 aliphatic rings. The monoisotopic (exact) mass is 222 g/mol. The summed E-state index contributed by atoms with van der Waals surface area (Å²) in [6, 6.07) is 1.22. The van der Waals surface area contributed by atoms with Crippen LogP contribution in [-0.2, 0) is 6.54 Å². The molecule has 0 bridgehead atoms. The Morgan fingerprint density at radius 2 is 2.06 bits per heavy atom. The Hall–Kier alpha value is -2.11. The second-order valence-electron chi connectivity index (χ2n) is 3.43. The summed E-state index contributed by atoms with van der Waals surface area (Å²) in [6.07, 6.45) is 0. The van der Waals surface area contributed by atoms with E-state index in [2.05, 4.69) is 4.98 Å². The van der Waals surface area contributed by atoms with Crippen LogP contribution < -0.4 is 16.9 Å². The molecule has 2 heterocycles. The molecule has 1 N–H and O–H groups in total. The lowest BCUT2D eigenvalue weighted by atomic mass is 10.2. The van der Waals surface area contributed by atoms with Gasteiger partial charge in [0, 0.05) is 12.6 Å². The van der Waals surface area contributed by atoms with E-state index in [0.717, 1.165) is 0 Å². The van der Waals surface area contributed by atoms with Crippen LogP contribution >= 0.6 is 0 Å². The highest BCUT2D eigenvalue weighted by Gasteiger charge is 2.11. The Morgan fingerprint density at radius 1 is 1.38 bits per heavy atom. The minimum Gasteiger partial charge on any atom is -0.405 e. The van der Waals surface area contributed by atoms with Gasteiger partial charge in [-0.15, -0.1) is 0 Å². The molecule has 16 heavy (non-hydrogen) atoms. The number of H-pyrrole nitrogens is 1. The summed E-state index contributed by atoms with van der Waals surface area (Å²) >= 11 is 0. The fourth-order valence-corrected chi connectivity index (χ4v) is 1.67. The lowest BCUT2D eigenvalue weighted by Gasteiger charge is -2.05. The molecule has 0 aliphatic carbocycles. The van der Waals surface area contributed by atoms with E-state index in [1.165, 1.54) is 10.6 Å². The van der Waals surface area contributed by atoms with E-state index in [0.29, 0.717) is 12.1 Å². The zero-order valence-corrected chi connectivity index (χ0v) is 8.86. The number of aromatic nitrogens is 2. The van der Waals surface area contributed by atoms with Crippen molar-refractivity contribution in [3.8, 4) is 0 Å². The maximum Gasteiger partial charge on any atom is 0.337 e. The number of aryl methyl sites for hydroxylation is 2. The van der Waals surface area contributed by atoms with Gasteiger partial charge in [-0.25, -0.2) is 9.59 Å². The van der Waals surface area contributed by atoms with Gasteiger partial charge in [0.05, 0.1) is 0 Å². The third-order valence-corrected chi connectivity index (χ3v) is 2.39. The van der Waals surface area contributed by atoms with Crippen LogP contribution in [0.1, 0.15) is 12.5 Å². The number of nitrogens with zero attached hydrogens (tertiary/aromatic N) is 1. The number of aromatic amines is 1. The molecule has 0 unspecified atom stereocenters. The second kappa shape index (κ2) is 3.48. The highest BCUT2D eigenvalue weighted by molar-refractivity contribution is 5.75. The molecule has 6 nitrogen and oxygen atoms in total. The van der Waals surface area contributed by atoms with Gasteiger partial charge in [0.25, 0.3) is 5.56 Å². The average molecular weight is 222 g/mol. The first kappa shape index (κ1) is 10.4. The standard InChI is InChI=1S/C10H10N2O4/c1-3-12-9-7(8(14)11-10(12)15)5(2)4-6(13)16-9/h4H,3H2,1-2H3,(H,11,14,15). The minimum absolute atomic E-state index is 0.0289. The molecule has 0 fully saturated rings. The van der Waals surface area contributed by atoms with Crippen molar-refractivity contribution < 1.29 is 4.42 Å². The highest BCUT2D eigenvalue weighted by Crippen LogP contribution is 2.09. The maximum absolute atomic E-state index is 11.6. The Morgan fingerprint density at radius 3 is 2.69 bits per heavy atom. The van der Waals surface area contributed by atoms with Gasteiger partial charge in [0.1, 0.15) is 5.39 Å². The van der Waals surface area contributed by atoms with Crippen LogP contribution in [0, 0.1) is 6.92 Å². The Labute approximate surface area is 89.1 Å². The van der Waals surface area contributed by atoms with Crippen molar-refractivity contribution in [2.45, 2.75) is 20.4 Å². The molecule has 2 aromatic rings. The second-order valence-corrected chi connectivity index (χ2v) is 3.43. The molecular weight excluding hydrogens is 212 g/mol. The largest absolute Gasteiger partial charge is 0.405 e. The molecule has 2 aromatic heterocycles. The molecule has 0 radical (unpaired) electrons. The van der Waals surface area contributed by atoms with Crippen molar-refractivity contribution >= 4 is 11.1 Å². The number of hydrogen-bond donors (Lipinski definition) is 1. The normalized spacial score (nSPS) is 10.9. The predicted molar refractivity (Wildman–Crippen MR) is 57.8 cm³/mol. The zero-order chi connectivity index (χ0) is 11.9. The van der Waals surface area contributed by atoms with E-state index in [4.69, 9.17) is 4.42 Å². The SMILES string of the molecule is CCn1c(=O)[nH]c(=O)c2c(C)cc(=O)oc21. The number of fused-ring (bicyclic) bond motifs is 1. The number of hydrogen-bond acceptors (Lipinski definition) is 4. The molecule has 0 aromatic carbocycles. The first-order valence-corrected chi connectivity index (χ1v) is 4.82. The van der Waals surface area contributed by atoms with Gasteiger partial charge in [-0.05, 0) is 19.4 Å². The maximum atomic E-state index is 11.6. The van der Waals surface area contributed by atoms with Crippen molar-refractivity contribution in [2.24, 2.45) is 0 Å². The number of rotatable bonds is 1. The highest BCUT2D eigenvalue weighted by atomic mass is 16.4. The van der Waals surface area contributed by atoms with Gasteiger partial charge >= 0.3 is 11.3 Å². The van der Waals surface area contributed by atoms with E-state index in [-0.39, 0.29) is 11.1 Å². The molecule has 0 saturated carbocycles. The van der Waals surface area contributed by atoms with Crippen molar-refractivity contribution in [1.82, 2.24) is 9.55 Å². The molecular formula is C10H10N2O4. The topological polar surface area (TPSA) is 85.1 Å². The van der Waals surface area contributed by atoms with Gasteiger partial charge in [-0.3, -0.25) is 14.3 Å². The Balaban J connectivity index is 3.18. The molecule has 0 atom stereocenters. The smallest absolute Gasteiger partial charge is 0.337 e. The molecule has 0 saturated heterocycles. The van der Waals surface area contributed by atoms with Gasteiger partial charge < -0.3 is 4.42 Å². The Bertz CT molecular complexity index is 720. The molecule has 84 valence electrons. The van der Waals surface area contributed by atoms with Crippen LogP contribution in [0.15, 0.2) is 24.9 Å². The molecule has 6 heteroatoms. The van der Waals surface area contributed by atoms with E-state index >= 15 is 0 Å². The summed E-state index contributed by atoms with van der Waals surface area (Å²) in [6.45, 7) is 3.67. The first-order valence-electron chi connectivity index (χ1n) is 4.82. The van der Waals surface area contributed by atoms with Crippen molar-refractivity contribution in [2.75, 3.05) is 0 Å². The van der Waals surface area contributed by atoms with Gasteiger partial charge in [0.15, 0.2) is 0 Å². The molecule has 0 aliphatic heterocycles. The molecule has 2 rings (SSSR count). The van der Waals surface area contributed by atoms with Crippen molar-refractivity contribution in [1.29, 1.82) is 0 Å². The summed E-state index contributed by atoms with van der Waals surface area (Å²) in [5.74, 6) is 0. The van der Waals surface area contributed by atoms with E-state index in [9.17, 15) is 14.4 Å². The minimum atomic E-state index is -0.575. The van der Waals surface area contributed by atoms with Crippen LogP contribution in [0.3, 0.4) is 0 Å². The fraction of sp³-hybridized carbons (Fsp3) is 0.300. The van der Waals surface area contributed by atoms with Crippen LogP contribution in [0.25, 0.3) is 11.1 Å². The summed E-state index contributed by atoms with van der Waals surface area (Å²) in [5, 5.41) is 0.237. The zero-order valence-electron chi connectivity index (χ0n) is 8.86. The molecule has 0 amide bonds. The lowest BCUT2D eigenvalue weighted by Crippen LogP contribution is -2.31. The predicted octanol–water partition coefficient (Wildman–Crippen LogP) is -0.0287. The third-order valence-electron chi connectivity index (χ3n) is 2.39. The lowest BCUT2D eigenvalue weighted by molar-refractivity contribution is 0.511. The quantitative estimate of drug-likeness (QED) is 0.734. The summed E-state index contributed by atoms with van der Waals surface area (Å²) in [4.78, 5) is 36.4. The first-order chi connectivity index (χ1) is 7.54. The van der Waals surface area contributed by atoms with Gasteiger partial charge in [-0.2, -0.15) is 0 Å². The Kier molecular flexibility index (Phi) is 2.26. The summed E-state index contributed by atoms with van der Waals surface area (Å²) in [7, 11) is 0. The van der Waals surface area contributed by atoms with Gasteiger partial charge in [0.2, 0.25) is 5.71 Å². The van der Waals surface area contributed by atoms with Crippen LogP contribution in [0.2, 0.25) is 0 Å². The average Bonchev–Trinajstić information content (AvgIpc) is 2.15. The summed E-state index contributed by atoms with van der Waals surface area (Å²) < 4.78 is 6.13. The van der Waals surface area contributed by atoms with E-state index in [1.807, 2.05) is 0 Å². The van der Waals surface area contributed by atoms with E-state index < -0.39 is 16.9 Å². The van der Waals surface area contributed by atoms with Crippen LogP contribution in [0.4, 0.5) is 0 Å². The van der Waals surface area contributed by atoms with Crippen LogP contribution in [0.5, 0.6) is 0 Å². The van der Waals surface area contributed by atoms with E-state index in [1.54, 1.807) is 13.8 Å². The number of nitrogens with one attached hydrogen (secondary N) is 1. The molecule has 0 spiro atoms. The summed E-state index contributed by atoms with van der Waals surface area (Å²) in [5.41, 5.74) is -1.16. The van der Waals surface area contributed by atoms with Crippen LogP contribution in [-0.4, -0.2) is 9.55 Å². The van der Waals surface area contributed by atoms with Gasteiger partial charge in [-0.1, -0.05) is 0 Å². The fourth-order valence-electron chi connectivity index (χ4n) is 1.67.